The van der Waals surface area contributed by atoms with Crippen LogP contribution in [0.25, 0.3) is 0 Å². The molecular weight excluding hydrogens is 280 g/mol. The van der Waals surface area contributed by atoms with Gasteiger partial charge in [0, 0.05) is 24.7 Å². The van der Waals surface area contributed by atoms with Gasteiger partial charge < -0.3 is 14.8 Å². The maximum absolute atomic E-state index is 12.3. The Kier molecular flexibility index (Phi) is 4.72. The molecule has 0 radical (unpaired) electrons. The summed E-state index contributed by atoms with van der Waals surface area (Å²) in [7, 11) is -0.358. The van der Waals surface area contributed by atoms with Gasteiger partial charge in [0.1, 0.15) is 11.5 Å². The highest BCUT2D eigenvalue weighted by Gasteiger charge is 2.27. The Morgan fingerprint density at radius 2 is 1.85 bits per heavy atom. The lowest BCUT2D eigenvalue weighted by Gasteiger charge is -2.23. The van der Waals surface area contributed by atoms with E-state index in [1.165, 1.54) is 14.2 Å². The molecule has 1 unspecified atom stereocenters. The summed E-state index contributed by atoms with van der Waals surface area (Å²) in [4.78, 5) is 0. The second-order valence-electron chi connectivity index (χ2n) is 4.72. The zero-order chi connectivity index (χ0) is 14.6. The number of benzene rings is 1. The number of anilines is 1. The molecule has 6 nitrogen and oxygen atoms in total. The maximum atomic E-state index is 12.3. The van der Waals surface area contributed by atoms with E-state index in [1.807, 2.05) is 0 Å². The minimum atomic E-state index is -3.41. The molecule has 0 spiro atoms. The van der Waals surface area contributed by atoms with Crippen LogP contribution in [0.1, 0.15) is 12.8 Å². The van der Waals surface area contributed by atoms with Crippen LogP contribution in [-0.4, -0.2) is 41.0 Å². The maximum Gasteiger partial charge on any atom is 0.236 e. The first-order valence-electron chi connectivity index (χ1n) is 6.50. The number of methoxy groups -OCH3 is 2. The Morgan fingerprint density at radius 3 is 2.35 bits per heavy atom. The third-order valence-corrected chi connectivity index (χ3v) is 5.10. The fourth-order valence-electron chi connectivity index (χ4n) is 2.20. The summed E-state index contributed by atoms with van der Waals surface area (Å²) < 4.78 is 37.5. The summed E-state index contributed by atoms with van der Waals surface area (Å²) in [5, 5.41) is 2.69. The summed E-state index contributed by atoms with van der Waals surface area (Å²) in [5.74, 6) is 1.09. The van der Waals surface area contributed by atoms with E-state index in [9.17, 15) is 8.42 Å². The van der Waals surface area contributed by atoms with Gasteiger partial charge in [-0.05, 0) is 19.4 Å². The number of sulfonamides is 1. The molecule has 0 amide bonds. The van der Waals surface area contributed by atoms with E-state index < -0.39 is 15.3 Å². The average Bonchev–Trinajstić information content (AvgIpc) is 2.47. The van der Waals surface area contributed by atoms with Gasteiger partial charge in [-0.25, -0.2) is 8.42 Å². The van der Waals surface area contributed by atoms with Gasteiger partial charge in [-0.15, -0.1) is 0 Å². The number of rotatable bonds is 5. The van der Waals surface area contributed by atoms with Gasteiger partial charge in [0.25, 0.3) is 0 Å². The topological polar surface area (TPSA) is 76.7 Å². The van der Waals surface area contributed by atoms with Crippen molar-refractivity contribution < 1.29 is 17.9 Å². The van der Waals surface area contributed by atoms with Crippen LogP contribution < -0.4 is 19.5 Å². The molecule has 1 saturated heterocycles. The van der Waals surface area contributed by atoms with Crippen molar-refractivity contribution >= 4 is 15.7 Å². The van der Waals surface area contributed by atoms with Crippen LogP contribution in [0.3, 0.4) is 0 Å². The molecular formula is C13H20N2O4S. The van der Waals surface area contributed by atoms with Gasteiger partial charge >= 0.3 is 0 Å². The SMILES string of the molecule is COc1cc(NS(=O)(=O)C2CCCNC2)cc(OC)c1. The molecule has 112 valence electrons. The summed E-state index contributed by atoms with van der Waals surface area (Å²) in [6.07, 6.45) is 1.54. The van der Waals surface area contributed by atoms with Crippen molar-refractivity contribution in [1.29, 1.82) is 0 Å². The summed E-state index contributed by atoms with van der Waals surface area (Å²) in [5.41, 5.74) is 0.451. The van der Waals surface area contributed by atoms with Gasteiger partial charge in [0.15, 0.2) is 0 Å². The van der Waals surface area contributed by atoms with E-state index in [-0.39, 0.29) is 0 Å². The number of piperidine rings is 1. The van der Waals surface area contributed by atoms with Gasteiger partial charge in [-0.1, -0.05) is 0 Å². The van der Waals surface area contributed by atoms with E-state index in [0.717, 1.165) is 13.0 Å². The second-order valence-corrected chi connectivity index (χ2v) is 6.68. The summed E-state index contributed by atoms with van der Waals surface area (Å²) >= 11 is 0. The molecule has 20 heavy (non-hydrogen) atoms. The van der Waals surface area contributed by atoms with Gasteiger partial charge in [0.05, 0.1) is 25.2 Å². The molecule has 1 atom stereocenters. The Labute approximate surface area is 119 Å². The molecule has 0 aliphatic carbocycles. The first kappa shape index (κ1) is 14.9. The first-order chi connectivity index (χ1) is 9.55. The number of nitrogens with one attached hydrogen (secondary N) is 2. The third kappa shape index (κ3) is 3.55. The number of ether oxygens (including phenoxy) is 2. The van der Waals surface area contributed by atoms with E-state index in [0.29, 0.717) is 30.2 Å². The molecule has 0 saturated carbocycles. The van der Waals surface area contributed by atoms with E-state index >= 15 is 0 Å². The highest BCUT2D eigenvalue weighted by Crippen LogP contribution is 2.27. The molecule has 2 N–H and O–H groups in total. The van der Waals surface area contributed by atoms with Gasteiger partial charge in [0.2, 0.25) is 10.0 Å². The van der Waals surface area contributed by atoms with Crippen LogP contribution in [0.2, 0.25) is 0 Å². The highest BCUT2D eigenvalue weighted by atomic mass is 32.2. The smallest absolute Gasteiger partial charge is 0.236 e. The number of hydrogen-bond donors (Lipinski definition) is 2. The third-order valence-electron chi connectivity index (χ3n) is 3.30. The van der Waals surface area contributed by atoms with E-state index in [4.69, 9.17) is 9.47 Å². The van der Waals surface area contributed by atoms with Crippen molar-refractivity contribution in [1.82, 2.24) is 5.32 Å². The predicted octanol–water partition coefficient (Wildman–Crippen LogP) is 1.20. The van der Waals surface area contributed by atoms with Crippen molar-refractivity contribution in [2.24, 2.45) is 0 Å². The first-order valence-corrected chi connectivity index (χ1v) is 8.05. The van der Waals surface area contributed by atoms with Crippen LogP contribution >= 0.6 is 0 Å². The summed E-state index contributed by atoms with van der Waals surface area (Å²) in [6.45, 7) is 1.36. The monoisotopic (exact) mass is 300 g/mol. The van der Waals surface area contributed by atoms with Crippen LogP contribution in [0, 0.1) is 0 Å². The predicted molar refractivity (Wildman–Crippen MR) is 78.0 cm³/mol. The van der Waals surface area contributed by atoms with E-state index in [1.54, 1.807) is 18.2 Å². The zero-order valence-electron chi connectivity index (χ0n) is 11.7. The normalized spacial score (nSPS) is 19.4. The van der Waals surface area contributed by atoms with Crippen LogP contribution in [0.4, 0.5) is 5.69 Å². The van der Waals surface area contributed by atoms with Crippen molar-refractivity contribution in [2.75, 3.05) is 32.0 Å². The fraction of sp³-hybridized carbons (Fsp3) is 0.538. The lowest BCUT2D eigenvalue weighted by Crippen LogP contribution is -2.41. The molecule has 1 aromatic rings. The lowest BCUT2D eigenvalue weighted by molar-refractivity contribution is 0.395. The van der Waals surface area contributed by atoms with Crippen LogP contribution in [0.5, 0.6) is 11.5 Å². The molecule has 1 aliphatic rings. The standard InChI is InChI=1S/C13H20N2O4S/c1-18-11-6-10(7-12(8-11)19-2)15-20(16,17)13-4-3-5-14-9-13/h6-8,13-15H,3-5,9H2,1-2H3. The molecule has 0 bridgehead atoms. The minimum Gasteiger partial charge on any atom is -0.497 e. The Morgan fingerprint density at radius 1 is 1.20 bits per heavy atom. The molecule has 2 rings (SSSR count). The van der Waals surface area contributed by atoms with Crippen molar-refractivity contribution in [3.05, 3.63) is 18.2 Å². The van der Waals surface area contributed by atoms with Gasteiger partial charge in [-0.3, -0.25) is 4.72 Å². The Hall–Kier alpha value is -1.47. The minimum absolute atomic E-state index is 0.409. The zero-order valence-corrected chi connectivity index (χ0v) is 12.5. The lowest BCUT2D eigenvalue weighted by atomic mass is 10.2. The highest BCUT2D eigenvalue weighted by molar-refractivity contribution is 7.93. The molecule has 1 aliphatic heterocycles. The fourth-order valence-corrected chi connectivity index (χ4v) is 3.63. The van der Waals surface area contributed by atoms with Gasteiger partial charge in [-0.2, -0.15) is 0 Å². The van der Waals surface area contributed by atoms with E-state index in [2.05, 4.69) is 10.0 Å². The largest absolute Gasteiger partial charge is 0.497 e. The summed E-state index contributed by atoms with van der Waals surface area (Å²) in [6, 6.07) is 4.96. The molecule has 0 aromatic heterocycles. The second kappa shape index (κ2) is 6.32. The van der Waals surface area contributed by atoms with Crippen LogP contribution in [0.15, 0.2) is 18.2 Å². The Bertz CT molecular complexity index is 531. The average molecular weight is 300 g/mol. The van der Waals surface area contributed by atoms with Crippen molar-refractivity contribution in [3.8, 4) is 11.5 Å². The quantitative estimate of drug-likeness (QED) is 0.854. The molecule has 7 heteroatoms. The molecule has 1 heterocycles. The van der Waals surface area contributed by atoms with Crippen LogP contribution in [-0.2, 0) is 10.0 Å². The Balaban J connectivity index is 2.19. The van der Waals surface area contributed by atoms with Crippen molar-refractivity contribution in [2.45, 2.75) is 18.1 Å². The molecule has 1 aromatic carbocycles. The molecule has 1 fully saturated rings. The number of hydrogen-bond acceptors (Lipinski definition) is 5. The van der Waals surface area contributed by atoms with Crippen molar-refractivity contribution in [3.63, 3.8) is 0 Å².